The Labute approximate surface area is 115 Å². The summed E-state index contributed by atoms with van der Waals surface area (Å²) in [5, 5.41) is 0.209. The third-order valence-corrected chi connectivity index (χ3v) is 3.34. The van der Waals surface area contributed by atoms with Crippen LogP contribution in [0.2, 0.25) is 15.1 Å². The summed E-state index contributed by atoms with van der Waals surface area (Å²) in [6.07, 6.45) is 0. The van der Waals surface area contributed by atoms with Crippen molar-refractivity contribution in [3.05, 3.63) is 50.8 Å². The first-order chi connectivity index (χ1) is 8.40. The van der Waals surface area contributed by atoms with E-state index >= 15 is 0 Å². The molecular weight excluding hydrogens is 309 g/mol. The molecule has 94 valence electrons. The van der Waals surface area contributed by atoms with Crippen molar-refractivity contribution < 1.29 is 13.2 Å². The molecule has 0 unspecified atom stereocenters. The molecule has 1 heterocycles. The molecule has 0 aliphatic heterocycles. The second-order valence-corrected chi connectivity index (χ2v) is 4.54. The van der Waals surface area contributed by atoms with Gasteiger partial charge in [-0.2, -0.15) is 4.39 Å². The maximum absolute atomic E-state index is 13.5. The largest absolute Gasteiger partial charge is 0.249 e. The molecule has 0 amide bonds. The Bertz CT molecular complexity index is 608. The third-order valence-electron chi connectivity index (χ3n) is 2.14. The van der Waals surface area contributed by atoms with Gasteiger partial charge in [0.2, 0.25) is 5.95 Å². The Morgan fingerprint density at radius 3 is 1.94 bits per heavy atom. The van der Waals surface area contributed by atoms with Crippen LogP contribution in [0.4, 0.5) is 13.2 Å². The first kappa shape index (κ1) is 13.5. The lowest BCUT2D eigenvalue weighted by molar-refractivity contribution is 0.466. The monoisotopic (exact) mass is 311 g/mol. The highest BCUT2D eigenvalue weighted by Crippen LogP contribution is 2.35. The quantitative estimate of drug-likeness (QED) is 0.526. The van der Waals surface area contributed by atoms with Gasteiger partial charge in [-0.25, -0.2) is 13.8 Å². The molecule has 0 saturated heterocycles. The molecule has 0 bridgehead atoms. The van der Waals surface area contributed by atoms with Gasteiger partial charge in [-0.1, -0.05) is 34.8 Å². The fourth-order valence-corrected chi connectivity index (χ4v) is 1.93. The molecule has 0 fully saturated rings. The molecule has 0 atom stereocenters. The molecule has 0 radical (unpaired) electrons. The number of aromatic nitrogens is 1. The maximum atomic E-state index is 13.5. The lowest BCUT2D eigenvalue weighted by atomic mass is 10.1. The first-order valence-electron chi connectivity index (χ1n) is 4.56. The molecule has 0 aliphatic carbocycles. The van der Waals surface area contributed by atoms with E-state index in [0.717, 1.165) is 0 Å². The van der Waals surface area contributed by atoms with Crippen LogP contribution in [0.5, 0.6) is 0 Å². The summed E-state index contributed by atoms with van der Waals surface area (Å²) in [5.41, 5.74) is -0.292. The van der Waals surface area contributed by atoms with Crippen molar-refractivity contribution in [2.24, 2.45) is 0 Å². The Hall–Kier alpha value is -0.970. The molecule has 1 nitrogen and oxygen atoms in total. The summed E-state index contributed by atoms with van der Waals surface area (Å²) < 4.78 is 39.2. The van der Waals surface area contributed by atoms with Crippen LogP contribution < -0.4 is 0 Å². The van der Waals surface area contributed by atoms with Gasteiger partial charge in [-0.05, 0) is 12.1 Å². The van der Waals surface area contributed by atoms with Gasteiger partial charge in [0.1, 0.15) is 5.69 Å². The summed E-state index contributed by atoms with van der Waals surface area (Å²) in [5.74, 6) is -3.81. The third kappa shape index (κ3) is 2.41. The highest BCUT2D eigenvalue weighted by Gasteiger charge is 2.15. The Kier molecular flexibility index (Phi) is 3.71. The van der Waals surface area contributed by atoms with E-state index in [9.17, 15) is 13.2 Å². The summed E-state index contributed by atoms with van der Waals surface area (Å²) in [7, 11) is 0. The minimum Gasteiger partial charge on any atom is -0.214 e. The second kappa shape index (κ2) is 4.96. The van der Waals surface area contributed by atoms with Gasteiger partial charge >= 0.3 is 0 Å². The standard InChI is InChI=1S/C11H3Cl3F3N/c12-5-1-4(2-6(13)9(5)14)10-7(15)3-8(16)11(17)18-10/h1-3H. The van der Waals surface area contributed by atoms with Gasteiger partial charge < -0.3 is 0 Å². The number of nitrogens with zero attached hydrogens (tertiary/aromatic N) is 1. The molecule has 2 rings (SSSR count). The van der Waals surface area contributed by atoms with Crippen LogP contribution in [0.25, 0.3) is 11.3 Å². The lowest BCUT2D eigenvalue weighted by Crippen LogP contribution is -1.97. The number of hydrogen-bond donors (Lipinski definition) is 0. The fourth-order valence-electron chi connectivity index (χ4n) is 1.34. The molecule has 2 aromatic rings. The van der Waals surface area contributed by atoms with Gasteiger partial charge in [-0.15, -0.1) is 0 Å². The van der Waals surface area contributed by atoms with Crippen molar-refractivity contribution in [3.63, 3.8) is 0 Å². The van der Waals surface area contributed by atoms with E-state index in [1.165, 1.54) is 12.1 Å². The molecule has 7 heteroatoms. The topological polar surface area (TPSA) is 12.9 Å². The average molecular weight is 313 g/mol. The van der Waals surface area contributed by atoms with Gasteiger partial charge in [-0.3, -0.25) is 0 Å². The van der Waals surface area contributed by atoms with Crippen LogP contribution in [0, 0.1) is 17.6 Å². The Morgan fingerprint density at radius 2 is 1.39 bits per heavy atom. The van der Waals surface area contributed by atoms with Gasteiger partial charge in [0.05, 0.1) is 15.1 Å². The molecule has 1 aromatic carbocycles. The minimum atomic E-state index is -1.41. The van der Waals surface area contributed by atoms with E-state index < -0.39 is 23.3 Å². The smallest absolute Gasteiger partial charge is 0.214 e. The lowest BCUT2D eigenvalue weighted by Gasteiger charge is -2.06. The second-order valence-electron chi connectivity index (χ2n) is 3.35. The molecule has 0 spiro atoms. The maximum Gasteiger partial charge on any atom is 0.249 e. The van der Waals surface area contributed by atoms with E-state index in [2.05, 4.69) is 4.98 Å². The summed E-state index contributed by atoms with van der Waals surface area (Å²) in [6.45, 7) is 0. The SMILES string of the molecule is Fc1cc(F)c(-c2cc(Cl)c(Cl)c(Cl)c2)nc1F. The predicted octanol–water partition coefficient (Wildman–Crippen LogP) is 5.13. The highest BCUT2D eigenvalue weighted by molar-refractivity contribution is 6.48. The molecule has 0 aliphatic rings. The van der Waals surface area contributed by atoms with Crippen LogP contribution in [-0.2, 0) is 0 Å². The van der Waals surface area contributed by atoms with Crippen LogP contribution in [0.15, 0.2) is 18.2 Å². The summed E-state index contributed by atoms with van der Waals surface area (Å²) in [4.78, 5) is 3.18. The van der Waals surface area contributed by atoms with Crippen molar-refractivity contribution in [3.8, 4) is 11.3 Å². The van der Waals surface area contributed by atoms with Gasteiger partial charge in [0.25, 0.3) is 0 Å². The fraction of sp³-hybridized carbons (Fsp3) is 0. The van der Waals surface area contributed by atoms with Crippen molar-refractivity contribution in [1.82, 2.24) is 4.98 Å². The summed E-state index contributed by atoms with van der Waals surface area (Å²) >= 11 is 17.2. The normalized spacial score (nSPS) is 10.8. The molecule has 1 aromatic heterocycles. The zero-order valence-corrected chi connectivity index (χ0v) is 10.7. The molecule has 0 N–H and O–H groups in total. The van der Waals surface area contributed by atoms with Crippen LogP contribution in [0.1, 0.15) is 0 Å². The van der Waals surface area contributed by atoms with Gasteiger partial charge in [0, 0.05) is 11.6 Å². The van der Waals surface area contributed by atoms with Crippen LogP contribution in [0.3, 0.4) is 0 Å². The Balaban J connectivity index is 2.66. The van der Waals surface area contributed by atoms with Crippen molar-refractivity contribution >= 4 is 34.8 Å². The van der Waals surface area contributed by atoms with E-state index in [0.29, 0.717) is 6.07 Å². The van der Waals surface area contributed by atoms with Gasteiger partial charge in [0.15, 0.2) is 11.6 Å². The van der Waals surface area contributed by atoms with E-state index in [4.69, 9.17) is 34.8 Å². The average Bonchev–Trinajstić information content (AvgIpc) is 2.30. The number of benzene rings is 1. The van der Waals surface area contributed by atoms with Crippen LogP contribution >= 0.6 is 34.8 Å². The zero-order valence-electron chi connectivity index (χ0n) is 8.45. The molecule has 18 heavy (non-hydrogen) atoms. The minimum absolute atomic E-state index is 0.0603. The van der Waals surface area contributed by atoms with E-state index in [-0.39, 0.29) is 20.6 Å². The van der Waals surface area contributed by atoms with E-state index in [1.54, 1.807) is 0 Å². The van der Waals surface area contributed by atoms with Crippen molar-refractivity contribution in [2.45, 2.75) is 0 Å². The predicted molar refractivity (Wildman–Crippen MR) is 64.6 cm³/mol. The van der Waals surface area contributed by atoms with Crippen LogP contribution in [-0.4, -0.2) is 4.98 Å². The molecular formula is C11H3Cl3F3N. The zero-order chi connectivity index (χ0) is 13.4. The van der Waals surface area contributed by atoms with E-state index in [1.807, 2.05) is 0 Å². The number of rotatable bonds is 1. The van der Waals surface area contributed by atoms with Crippen molar-refractivity contribution in [2.75, 3.05) is 0 Å². The number of halogens is 6. The number of hydrogen-bond acceptors (Lipinski definition) is 1. The van der Waals surface area contributed by atoms with Crippen molar-refractivity contribution in [1.29, 1.82) is 0 Å². The molecule has 0 saturated carbocycles. The highest BCUT2D eigenvalue weighted by atomic mass is 35.5. The Morgan fingerprint density at radius 1 is 0.833 bits per heavy atom. The summed E-state index contributed by atoms with van der Waals surface area (Å²) in [6, 6.07) is 2.92. The number of pyridine rings is 1. The first-order valence-corrected chi connectivity index (χ1v) is 5.70.